The number of hydrogen-bond donors (Lipinski definition) is 2. The highest BCUT2D eigenvalue weighted by Crippen LogP contribution is 2.69. The Morgan fingerprint density at radius 2 is 1.75 bits per heavy atom. The minimum atomic E-state index is 0.383. The molecule has 0 aromatic carbocycles. The monoisotopic (exact) mass is 277 g/mol. The van der Waals surface area contributed by atoms with Crippen molar-refractivity contribution in [2.45, 2.75) is 38.1 Å². The first kappa shape index (κ1) is 13.1. The van der Waals surface area contributed by atoms with E-state index in [0.29, 0.717) is 17.9 Å². The molecule has 4 atom stereocenters. The molecule has 4 aliphatic rings. The highest BCUT2D eigenvalue weighted by atomic mass is 16.2. The normalized spacial score (nSPS) is 43.5. The molecule has 3 N–H and O–H groups in total. The Labute approximate surface area is 121 Å². The molecule has 4 fully saturated rings. The fraction of sp³-hybridized carbons (Fsp3) is 0.938. The van der Waals surface area contributed by atoms with Crippen LogP contribution in [0.3, 0.4) is 0 Å². The van der Waals surface area contributed by atoms with Crippen LogP contribution in [-0.4, -0.2) is 43.0 Å². The Kier molecular flexibility index (Phi) is 3.26. The number of nitrogens with two attached hydrogens (primary N) is 1. The predicted octanol–water partition coefficient (Wildman–Crippen LogP) is 0.818. The number of carbonyl (C=O) groups is 1. The average Bonchev–Trinajstić information content (AvgIpc) is 2.90. The van der Waals surface area contributed by atoms with Crippen molar-refractivity contribution >= 4 is 5.91 Å². The smallest absolute Gasteiger partial charge is 0.223 e. The lowest BCUT2D eigenvalue weighted by Gasteiger charge is -2.32. The van der Waals surface area contributed by atoms with Gasteiger partial charge in [0.05, 0.1) is 0 Å². The quantitative estimate of drug-likeness (QED) is 0.800. The molecule has 112 valence electrons. The van der Waals surface area contributed by atoms with Crippen molar-refractivity contribution < 1.29 is 4.79 Å². The van der Waals surface area contributed by atoms with Gasteiger partial charge >= 0.3 is 0 Å². The lowest BCUT2D eigenvalue weighted by Crippen LogP contribution is -2.46. The first-order valence-corrected chi connectivity index (χ1v) is 8.50. The van der Waals surface area contributed by atoms with Gasteiger partial charge in [0.1, 0.15) is 0 Å². The van der Waals surface area contributed by atoms with Gasteiger partial charge in [0.25, 0.3) is 0 Å². The maximum atomic E-state index is 12.5. The maximum Gasteiger partial charge on any atom is 0.223 e. The molecule has 1 saturated heterocycles. The van der Waals surface area contributed by atoms with E-state index < -0.39 is 0 Å². The summed E-state index contributed by atoms with van der Waals surface area (Å²) in [5.74, 6) is 4.11. The number of likely N-dealkylation sites (tertiary alicyclic amines) is 1. The van der Waals surface area contributed by atoms with E-state index in [1.165, 1.54) is 19.3 Å². The number of piperidine rings is 1. The Morgan fingerprint density at radius 1 is 1.10 bits per heavy atom. The van der Waals surface area contributed by atoms with Gasteiger partial charge in [-0.2, -0.15) is 0 Å². The summed E-state index contributed by atoms with van der Waals surface area (Å²) in [5, 5.41) is 3.34. The zero-order chi connectivity index (χ0) is 13.7. The van der Waals surface area contributed by atoms with Crippen molar-refractivity contribution in [3.8, 4) is 0 Å². The summed E-state index contributed by atoms with van der Waals surface area (Å²) in [6, 6.07) is 0.413. The fourth-order valence-corrected chi connectivity index (χ4v) is 5.46. The number of nitrogens with one attached hydrogen (secondary N) is 1. The van der Waals surface area contributed by atoms with Crippen molar-refractivity contribution in [1.82, 2.24) is 10.2 Å². The summed E-state index contributed by atoms with van der Waals surface area (Å²) in [6.45, 7) is 3.91. The average molecular weight is 277 g/mol. The van der Waals surface area contributed by atoms with Gasteiger partial charge in [-0.3, -0.25) is 4.79 Å². The molecule has 4 rings (SSSR count). The molecule has 3 aliphatic carbocycles. The molecule has 1 heterocycles. The Hall–Kier alpha value is -0.610. The summed E-state index contributed by atoms with van der Waals surface area (Å²) >= 11 is 0. The minimum absolute atomic E-state index is 0.383. The van der Waals surface area contributed by atoms with Crippen LogP contribution in [0.1, 0.15) is 32.1 Å². The van der Waals surface area contributed by atoms with Crippen LogP contribution in [0.4, 0.5) is 0 Å². The van der Waals surface area contributed by atoms with E-state index in [1.807, 2.05) is 0 Å². The van der Waals surface area contributed by atoms with Crippen LogP contribution in [0.15, 0.2) is 0 Å². The van der Waals surface area contributed by atoms with E-state index >= 15 is 0 Å². The van der Waals surface area contributed by atoms with Gasteiger partial charge in [-0.25, -0.2) is 0 Å². The fourth-order valence-electron chi connectivity index (χ4n) is 5.46. The third-order valence-corrected chi connectivity index (χ3v) is 6.42. The van der Waals surface area contributed by atoms with Gasteiger partial charge in [0, 0.05) is 38.1 Å². The second kappa shape index (κ2) is 4.99. The van der Waals surface area contributed by atoms with Crippen molar-refractivity contribution in [2.24, 2.45) is 35.3 Å². The lowest BCUT2D eigenvalue weighted by molar-refractivity contribution is -0.124. The number of hydrogen-bond acceptors (Lipinski definition) is 3. The standard InChI is InChI=1S/C16H27N3O/c17-5-8-19-6-3-12(4-7-19)18-16(20)15-13-10-1-2-11(9-10)14(13)15/h10-15H,1-9,17H2,(H,18,20). The zero-order valence-electron chi connectivity index (χ0n) is 12.3. The van der Waals surface area contributed by atoms with Crippen molar-refractivity contribution in [3.05, 3.63) is 0 Å². The topological polar surface area (TPSA) is 58.4 Å². The molecule has 0 aromatic rings. The number of amides is 1. The molecule has 4 unspecified atom stereocenters. The zero-order valence-corrected chi connectivity index (χ0v) is 12.3. The Bertz CT molecular complexity index is 375. The van der Waals surface area contributed by atoms with Crippen LogP contribution in [0, 0.1) is 29.6 Å². The van der Waals surface area contributed by atoms with Crippen LogP contribution in [-0.2, 0) is 4.79 Å². The molecule has 1 aliphatic heterocycles. The van der Waals surface area contributed by atoms with E-state index in [4.69, 9.17) is 5.73 Å². The molecule has 0 aromatic heterocycles. The van der Waals surface area contributed by atoms with E-state index in [1.54, 1.807) is 0 Å². The highest BCUT2D eigenvalue weighted by molar-refractivity contribution is 5.83. The highest BCUT2D eigenvalue weighted by Gasteiger charge is 2.67. The van der Waals surface area contributed by atoms with Crippen molar-refractivity contribution in [2.75, 3.05) is 26.2 Å². The first-order valence-electron chi connectivity index (χ1n) is 8.50. The van der Waals surface area contributed by atoms with Gasteiger partial charge in [-0.1, -0.05) is 0 Å². The van der Waals surface area contributed by atoms with Crippen molar-refractivity contribution in [3.63, 3.8) is 0 Å². The molecular formula is C16H27N3O. The largest absolute Gasteiger partial charge is 0.353 e. The van der Waals surface area contributed by atoms with Crippen molar-refractivity contribution in [1.29, 1.82) is 0 Å². The van der Waals surface area contributed by atoms with Crippen LogP contribution >= 0.6 is 0 Å². The molecule has 2 bridgehead atoms. The summed E-state index contributed by atoms with van der Waals surface area (Å²) in [5.41, 5.74) is 5.60. The predicted molar refractivity (Wildman–Crippen MR) is 78.0 cm³/mol. The Balaban J connectivity index is 1.26. The van der Waals surface area contributed by atoms with Crippen LogP contribution in [0.5, 0.6) is 0 Å². The summed E-state index contributed by atoms with van der Waals surface area (Å²) in [6.07, 6.45) is 6.41. The van der Waals surface area contributed by atoms with Crippen LogP contribution < -0.4 is 11.1 Å². The molecule has 3 saturated carbocycles. The summed E-state index contributed by atoms with van der Waals surface area (Å²) < 4.78 is 0. The molecular weight excluding hydrogens is 250 g/mol. The second-order valence-corrected chi connectivity index (χ2v) is 7.43. The van der Waals surface area contributed by atoms with Gasteiger partial charge in [-0.15, -0.1) is 0 Å². The number of carbonyl (C=O) groups excluding carboxylic acids is 1. The van der Waals surface area contributed by atoms with Gasteiger partial charge in [-0.05, 0) is 55.8 Å². The van der Waals surface area contributed by atoms with Crippen LogP contribution in [0.2, 0.25) is 0 Å². The van der Waals surface area contributed by atoms with E-state index in [0.717, 1.165) is 62.7 Å². The third-order valence-electron chi connectivity index (χ3n) is 6.42. The third kappa shape index (κ3) is 2.08. The number of rotatable bonds is 4. The first-order chi connectivity index (χ1) is 9.78. The molecule has 0 spiro atoms. The molecule has 20 heavy (non-hydrogen) atoms. The van der Waals surface area contributed by atoms with E-state index in [2.05, 4.69) is 10.2 Å². The molecule has 4 nitrogen and oxygen atoms in total. The molecule has 0 radical (unpaired) electrons. The number of nitrogens with zero attached hydrogens (tertiary/aromatic N) is 1. The molecule has 1 amide bonds. The second-order valence-electron chi connectivity index (χ2n) is 7.43. The van der Waals surface area contributed by atoms with Crippen LogP contribution in [0.25, 0.3) is 0 Å². The SMILES string of the molecule is NCCN1CCC(NC(=O)C2C3C4CCC(C4)C23)CC1. The Morgan fingerprint density at radius 3 is 2.35 bits per heavy atom. The number of fused-ring (bicyclic) bond motifs is 5. The van der Waals surface area contributed by atoms with E-state index in [-0.39, 0.29) is 0 Å². The molecule has 4 heteroatoms. The van der Waals surface area contributed by atoms with Gasteiger partial charge in [0.15, 0.2) is 0 Å². The summed E-state index contributed by atoms with van der Waals surface area (Å²) in [4.78, 5) is 14.9. The van der Waals surface area contributed by atoms with Gasteiger partial charge in [0.2, 0.25) is 5.91 Å². The maximum absolute atomic E-state index is 12.5. The lowest BCUT2D eigenvalue weighted by atomic mass is 10.0. The minimum Gasteiger partial charge on any atom is -0.353 e. The van der Waals surface area contributed by atoms with E-state index in [9.17, 15) is 4.79 Å². The summed E-state index contributed by atoms with van der Waals surface area (Å²) in [7, 11) is 0. The van der Waals surface area contributed by atoms with Gasteiger partial charge < -0.3 is 16.0 Å².